The second-order valence-electron chi connectivity index (χ2n) is 5.51. The maximum atomic E-state index is 12.7. The highest BCUT2D eigenvalue weighted by Gasteiger charge is 2.28. The molecular formula is C14H20Cl3NO2S. The van der Waals surface area contributed by atoms with Crippen molar-refractivity contribution in [2.24, 2.45) is 5.92 Å². The summed E-state index contributed by atoms with van der Waals surface area (Å²) < 4.78 is 26.8. The highest BCUT2D eigenvalue weighted by Crippen LogP contribution is 2.32. The van der Waals surface area contributed by atoms with Crippen LogP contribution in [0.25, 0.3) is 0 Å². The molecule has 0 aliphatic carbocycles. The molecule has 0 aliphatic heterocycles. The molecule has 3 nitrogen and oxygen atoms in total. The van der Waals surface area contributed by atoms with Crippen LogP contribution in [0.3, 0.4) is 0 Å². The standard InChI is InChI=1S/C14H20Cl3NO2S/c1-9(2)5-10(3)18(4)21(19,20)14-6-11(8-15)12(16)7-13(14)17/h6-7,9-10H,5,8H2,1-4H3. The number of hydrogen-bond donors (Lipinski definition) is 0. The van der Waals surface area contributed by atoms with Crippen LogP contribution >= 0.6 is 34.8 Å². The Morgan fingerprint density at radius 2 is 1.71 bits per heavy atom. The SMILES string of the molecule is CC(C)CC(C)N(C)S(=O)(=O)c1cc(CCl)c(Cl)cc1Cl. The molecule has 1 rings (SSSR count). The number of sulfonamides is 1. The number of benzene rings is 1. The molecule has 120 valence electrons. The van der Waals surface area contributed by atoms with Gasteiger partial charge in [-0.15, -0.1) is 11.6 Å². The summed E-state index contributed by atoms with van der Waals surface area (Å²) in [5, 5.41) is 0.476. The van der Waals surface area contributed by atoms with E-state index in [2.05, 4.69) is 13.8 Å². The van der Waals surface area contributed by atoms with Crippen molar-refractivity contribution < 1.29 is 8.42 Å². The van der Waals surface area contributed by atoms with Gasteiger partial charge in [-0.2, -0.15) is 4.31 Å². The number of alkyl halides is 1. The predicted molar refractivity (Wildman–Crippen MR) is 89.9 cm³/mol. The van der Waals surface area contributed by atoms with Gasteiger partial charge in [0.05, 0.1) is 5.02 Å². The summed E-state index contributed by atoms with van der Waals surface area (Å²) in [6.45, 7) is 5.99. The van der Waals surface area contributed by atoms with Gasteiger partial charge >= 0.3 is 0 Å². The van der Waals surface area contributed by atoms with Crippen LogP contribution in [0.5, 0.6) is 0 Å². The molecule has 21 heavy (non-hydrogen) atoms. The molecule has 0 heterocycles. The van der Waals surface area contributed by atoms with Gasteiger partial charge in [0.2, 0.25) is 10.0 Å². The molecule has 0 bridgehead atoms. The number of nitrogens with zero attached hydrogens (tertiary/aromatic N) is 1. The van der Waals surface area contributed by atoms with Crippen molar-refractivity contribution >= 4 is 44.8 Å². The van der Waals surface area contributed by atoms with Gasteiger partial charge in [-0.25, -0.2) is 8.42 Å². The molecule has 7 heteroatoms. The van der Waals surface area contributed by atoms with Gasteiger partial charge in [0, 0.05) is 24.0 Å². The van der Waals surface area contributed by atoms with E-state index >= 15 is 0 Å². The molecule has 0 radical (unpaired) electrons. The lowest BCUT2D eigenvalue weighted by atomic mass is 10.1. The van der Waals surface area contributed by atoms with Gasteiger partial charge in [0.1, 0.15) is 4.90 Å². The van der Waals surface area contributed by atoms with Gasteiger partial charge in [-0.05, 0) is 37.0 Å². The molecule has 0 N–H and O–H groups in total. The first-order valence-corrected chi connectivity index (χ1v) is 9.36. The van der Waals surface area contributed by atoms with Gasteiger partial charge < -0.3 is 0 Å². The Morgan fingerprint density at radius 1 is 1.14 bits per heavy atom. The average molecular weight is 373 g/mol. The normalized spacial score (nSPS) is 14.0. The third-order valence-corrected chi connectivity index (χ3v) is 6.41. The molecule has 0 aromatic heterocycles. The lowest BCUT2D eigenvalue weighted by Gasteiger charge is -2.26. The molecule has 1 aromatic carbocycles. The Morgan fingerprint density at radius 3 is 2.19 bits per heavy atom. The molecule has 1 aromatic rings. The van der Waals surface area contributed by atoms with Crippen molar-refractivity contribution in [2.75, 3.05) is 7.05 Å². The third kappa shape index (κ3) is 4.49. The van der Waals surface area contributed by atoms with E-state index in [9.17, 15) is 8.42 Å². The zero-order valence-corrected chi connectivity index (χ0v) is 15.6. The van der Waals surface area contributed by atoms with Crippen LogP contribution in [-0.2, 0) is 15.9 Å². The van der Waals surface area contributed by atoms with Gasteiger partial charge in [0.25, 0.3) is 0 Å². The fourth-order valence-corrected chi connectivity index (χ4v) is 4.59. The summed E-state index contributed by atoms with van der Waals surface area (Å²) in [5.74, 6) is 0.529. The van der Waals surface area contributed by atoms with E-state index < -0.39 is 10.0 Å². The lowest BCUT2D eigenvalue weighted by Crippen LogP contribution is -2.36. The van der Waals surface area contributed by atoms with Crippen LogP contribution in [0.2, 0.25) is 10.0 Å². The Bertz CT molecular complexity index is 602. The van der Waals surface area contributed by atoms with E-state index in [1.807, 2.05) is 6.92 Å². The first kappa shape index (κ1) is 19.0. The molecule has 0 fully saturated rings. The van der Waals surface area contributed by atoms with E-state index in [0.29, 0.717) is 16.5 Å². The van der Waals surface area contributed by atoms with Gasteiger partial charge in [0.15, 0.2) is 0 Å². The van der Waals surface area contributed by atoms with Crippen molar-refractivity contribution in [3.63, 3.8) is 0 Å². The van der Waals surface area contributed by atoms with Crippen molar-refractivity contribution in [1.82, 2.24) is 4.31 Å². The van der Waals surface area contributed by atoms with E-state index in [0.717, 1.165) is 6.42 Å². The van der Waals surface area contributed by atoms with Gasteiger partial charge in [-0.1, -0.05) is 37.0 Å². The molecule has 0 saturated heterocycles. The topological polar surface area (TPSA) is 37.4 Å². The molecule has 0 spiro atoms. The second-order valence-corrected chi connectivity index (χ2v) is 8.56. The van der Waals surface area contributed by atoms with Crippen LogP contribution < -0.4 is 0 Å². The minimum absolute atomic E-state index is 0.0438. The lowest BCUT2D eigenvalue weighted by molar-refractivity contribution is 0.338. The van der Waals surface area contributed by atoms with Crippen LogP contribution in [-0.4, -0.2) is 25.8 Å². The van der Waals surface area contributed by atoms with E-state index in [-0.39, 0.29) is 21.8 Å². The highest BCUT2D eigenvalue weighted by molar-refractivity contribution is 7.89. The first-order chi connectivity index (χ1) is 9.61. The summed E-state index contributed by atoms with van der Waals surface area (Å²) >= 11 is 17.8. The predicted octanol–water partition coefficient (Wildman–Crippen LogP) is 4.79. The summed E-state index contributed by atoms with van der Waals surface area (Å²) in [4.78, 5) is 0.0438. The summed E-state index contributed by atoms with van der Waals surface area (Å²) in [6, 6.07) is 2.75. The summed E-state index contributed by atoms with van der Waals surface area (Å²) in [5.41, 5.74) is 0.547. The Labute approximate surface area is 142 Å². The van der Waals surface area contributed by atoms with Crippen molar-refractivity contribution in [1.29, 1.82) is 0 Å². The molecule has 0 amide bonds. The van der Waals surface area contributed by atoms with Crippen molar-refractivity contribution in [2.45, 2.75) is 44.0 Å². The molecule has 1 atom stereocenters. The maximum Gasteiger partial charge on any atom is 0.244 e. The largest absolute Gasteiger partial charge is 0.244 e. The molecule has 0 saturated carbocycles. The molecule has 0 aliphatic rings. The van der Waals surface area contributed by atoms with E-state index in [1.54, 1.807) is 7.05 Å². The Kier molecular flexibility index (Phi) is 6.81. The number of halogens is 3. The zero-order chi connectivity index (χ0) is 16.4. The van der Waals surface area contributed by atoms with E-state index in [1.165, 1.54) is 16.4 Å². The Balaban J connectivity index is 3.24. The Hall–Kier alpha value is -0.000000000000000111. The fourth-order valence-electron chi connectivity index (χ4n) is 2.09. The smallest absolute Gasteiger partial charge is 0.207 e. The highest BCUT2D eigenvalue weighted by atomic mass is 35.5. The number of rotatable bonds is 6. The van der Waals surface area contributed by atoms with Crippen molar-refractivity contribution in [3.8, 4) is 0 Å². The monoisotopic (exact) mass is 371 g/mol. The fraction of sp³-hybridized carbons (Fsp3) is 0.571. The molecule has 1 unspecified atom stereocenters. The van der Waals surface area contributed by atoms with Crippen LogP contribution in [0.1, 0.15) is 32.8 Å². The summed E-state index contributed by atoms with van der Waals surface area (Å²) in [7, 11) is -2.12. The van der Waals surface area contributed by atoms with Crippen molar-refractivity contribution in [3.05, 3.63) is 27.7 Å². The minimum Gasteiger partial charge on any atom is -0.207 e. The van der Waals surface area contributed by atoms with Crippen LogP contribution in [0.15, 0.2) is 17.0 Å². The average Bonchev–Trinajstić information content (AvgIpc) is 2.36. The maximum absolute atomic E-state index is 12.7. The quantitative estimate of drug-likeness (QED) is 0.673. The van der Waals surface area contributed by atoms with Crippen LogP contribution in [0.4, 0.5) is 0 Å². The number of hydrogen-bond acceptors (Lipinski definition) is 2. The minimum atomic E-state index is -3.68. The first-order valence-electron chi connectivity index (χ1n) is 6.63. The zero-order valence-electron chi connectivity index (χ0n) is 12.5. The van der Waals surface area contributed by atoms with Crippen LogP contribution in [0, 0.1) is 5.92 Å². The molecular weight excluding hydrogens is 353 g/mol. The van der Waals surface area contributed by atoms with Gasteiger partial charge in [-0.3, -0.25) is 0 Å². The third-order valence-electron chi connectivity index (χ3n) is 3.34. The second kappa shape index (κ2) is 7.51. The van der Waals surface area contributed by atoms with E-state index in [4.69, 9.17) is 34.8 Å². The summed E-state index contributed by atoms with van der Waals surface area (Å²) in [6.07, 6.45) is 0.767.